The summed E-state index contributed by atoms with van der Waals surface area (Å²) >= 11 is 7.26. The molecule has 2 aromatic heterocycles. The van der Waals surface area contributed by atoms with E-state index in [4.69, 9.17) is 44.5 Å². The van der Waals surface area contributed by atoms with Crippen molar-refractivity contribution >= 4 is 28.9 Å². The molecule has 17 nitrogen and oxygen atoms in total. The van der Waals surface area contributed by atoms with Crippen LogP contribution >= 0.6 is 17.1 Å². The number of hydrogen-bond donors (Lipinski definition) is 3. The van der Waals surface area contributed by atoms with Crippen molar-refractivity contribution in [1.82, 2.24) is 19.1 Å². The average molecular weight is 934 g/mol. The molecule has 2 aliphatic rings. The second kappa shape index (κ2) is 20.4. The van der Waals surface area contributed by atoms with Crippen LogP contribution in [0.25, 0.3) is 0 Å². The first-order valence-corrected chi connectivity index (χ1v) is 24.6. The van der Waals surface area contributed by atoms with Gasteiger partial charge in [0, 0.05) is 42.1 Å². The molecule has 2 aliphatic heterocycles. The summed E-state index contributed by atoms with van der Waals surface area (Å²) in [4.78, 5) is 55.0. The van der Waals surface area contributed by atoms with E-state index in [2.05, 4.69) is 16.0 Å². The van der Waals surface area contributed by atoms with Gasteiger partial charge in [0.15, 0.2) is 0 Å². The van der Waals surface area contributed by atoms with Crippen molar-refractivity contribution in [2.75, 3.05) is 33.2 Å². The largest absolute Gasteiger partial charge is 0.497 e. The first-order valence-electron chi connectivity index (χ1n) is 20.3. The van der Waals surface area contributed by atoms with E-state index in [9.17, 15) is 29.5 Å². The van der Waals surface area contributed by atoms with E-state index in [0.29, 0.717) is 17.1 Å². The molecule has 3 N–H and O–H groups in total. The van der Waals surface area contributed by atoms with E-state index in [1.165, 1.54) is 21.5 Å². The Morgan fingerprint density at radius 3 is 1.86 bits per heavy atom. The molecule has 0 radical (unpaired) electrons. The zero-order valence-electron chi connectivity index (χ0n) is 35.4. The van der Waals surface area contributed by atoms with Crippen LogP contribution in [0.2, 0.25) is 0 Å². The van der Waals surface area contributed by atoms with Crippen molar-refractivity contribution < 1.29 is 37.8 Å². The third-order valence-electron chi connectivity index (χ3n) is 11.1. The lowest BCUT2D eigenvalue weighted by Crippen LogP contribution is -2.38. The second-order valence-corrected chi connectivity index (χ2v) is 21.5. The summed E-state index contributed by atoms with van der Waals surface area (Å²) in [6.07, 6.45) is -2.48. The maximum Gasteiger partial charge on any atom is 0.330 e. The molecule has 0 aliphatic carbocycles. The van der Waals surface area contributed by atoms with Crippen LogP contribution in [0.1, 0.15) is 59.5 Å². The molecule has 1 unspecified atom stereocenters. The molecule has 338 valence electrons. The van der Waals surface area contributed by atoms with Crippen LogP contribution in [0, 0.1) is 25.2 Å². The fourth-order valence-electron chi connectivity index (χ4n) is 7.68. The van der Waals surface area contributed by atoms with Crippen LogP contribution < -0.4 is 32.0 Å². The number of methoxy groups -OCH3 is 2. The number of aromatic nitrogens is 4. The number of aromatic amines is 2. The smallest absolute Gasteiger partial charge is 0.330 e. The average Bonchev–Trinajstić information content (AvgIpc) is 3.88. The van der Waals surface area contributed by atoms with E-state index < -0.39 is 70.7 Å². The fraction of sp³-hybridized carbons (Fsp3) is 0.386. The van der Waals surface area contributed by atoms with Crippen molar-refractivity contribution in [3.05, 3.63) is 161 Å². The number of aliphatic hydroxyl groups is 1. The summed E-state index contributed by atoms with van der Waals surface area (Å²) in [5.41, 5.74) is -4.22. The predicted molar refractivity (Wildman–Crippen MR) is 241 cm³/mol. The molecule has 20 heteroatoms. The maximum atomic E-state index is 13.3. The lowest BCUT2D eigenvalue weighted by molar-refractivity contribution is -0.0915. The van der Waals surface area contributed by atoms with E-state index in [1.807, 2.05) is 78.9 Å². The lowest BCUT2D eigenvalue weighted by atomic mass is 9.80. The molecule has 4 heterocycles. The third kappa shape index (κ3) is 10.2. The Morgan fingerprint density at radius 2 is 1.33 bits per heavy atom. The molecular formula is C44H48N5O12PS2. The molecule has 0 saturated carbocycles. The summed E-state index contributed by atoms with van der Waals surface area (Å²) < 4.78 is 46.5. The van der Waals surface area contributed by atoms with Crippen LogP contribution in [0.5, 0.6) is 11.5 Å². The van der Waals surface area contributed by atoms with Gasteiger partial charge in [0.2, 0.25) is 5.69 Å². The Hall–Kier alpha value is -5.13. The zero-order chi connectivity index (χ0) is 45.6. The Labute approximate surface area is 376 Å². The minimum Gasteiger partial charge on any atom is -0.497 e. The van der Waals surface area contributed by atoms with Gasteiger partial charge in [-0.2, -0.15) is 5.26 Å². The fourth-order valence-corrected chi connectivity index (χ4v) is 12.4. The quantitative estimate of drug-likeness (QED) is 0.0603. The van der Waals surface area contributed by atoms with E-state index in [0.717, 1.165) is 28.1 Å². The van der Waals surface area contributed by atoms with Crippen LogP contribution in [0.3, 0.4) is 0 Å². The van der Waals surface area contributed by atoms with Gasteiger partial charge >= 0.3 is 11.4 Å². The summed E-state index contributed by atoms with van der Waals surface area (Å²) in [5, 5.41) is 20.5. The maximum absolute atomic E-state index is 13.3. The normalized spacial score (nSPS) is 21.9. The highest BCUT2D eigenvalue weighted by molar-refractivity contribution is 8.67. The van der Waals surface area contributed by atoms with Crippen LogP contribution in [-0.4, -0.2) is 81.8 Å². The first kappa shape index (κ1) is 46.9. The van der Waals surface area contributed by atoms with Gasteiger partial charge < -0.3 is 37.8 Å². The van der Waals surface area contributed by atoms with Gasteiger partial charge in [-0.05, 0) is 66.6 Å². The Kier molecular flexibility index (Phi) is 14.9. The van der Waals surface area contributed by atoms with Gasteiger partial charge in [-0.25, -0.2) is 9.59 Å². The predicted octanol–water partition coefficient (Wildman–Crippen LogP) is 4.94. The molecule has 64 heavy (non-hydrogen) atoms. The van der Waals surface area contributed by atoms with Gasteiger partial charge in [0.05, 0.1) is 58.2 Å². The van der Waals surface area contributed by atoms with Crippen molar-refractivity contribution in [3.8, 4) is 17.6 Å². The molecule has 3 aromatic carbocycles. The Bertz CT molecular complexity index is 2690. The molecule has 7 atom stereocenters. The van der Waals surface area contributed by atoms with Gasteiger partial charge in [-0.3, -0.25) is 28.7 Å². The van der Waals surface area contributed by atoms with Crippen LogP contribution in [0.4, 0.5) is 0 Å². The lowest BCUT2D eigenvalue weighted by Gasteiger charge is -2.37. The van der Waals surface area contributed by atoms with Gasteiger partial charge in [0.25, 0.3) is 11.1 Å². The topological polar surface area (TPSA) is 218 Å². The Balaban J connectivity index is 1.23. The molecule has 2 saturated heterocycles. The zero-order valence-corrected chi connectivity index (χ0v) is 37.9. The summed E-state index contributed by atoms with van der Waals surface area (Å²) in [6.45, 7) is 2.95. The summed E-state index contributed by atoms with van der Waals surface area (Å²) in [7, 11) is 3.18. The number of rotatable bonds is 18. The summed E-state index contributed by atoms with van der Waals surface area (Å²) in [5.74, 6) is 1.36. The number of benzene rings is 3. The van der Waals surface area contributed by atoms with Crippen molar-refractivity contribution in [3.63, 3.8) is 0 Å². The molecule has 0 spiro atoms. The highest BCUT2D eigenvalue weighted by Crippen LogP contribution is 2.64. The monoisotopic (exact) mass is 933 g/mol. The number of aliphatic hydroxyl groups excluding tert-OH is 1. The van der Waals surface area contributed by atoms with Crippen LogP contribution in [0.15, 0.2) is 110 Å². The minimum absolute atomic E-state index is 0.00706. The molecule has 5 aromatic rings. The highest BCUT2D eigenvalue weighted by atomic mass is 32.9. The number of nitrogens with zero attached hydrogens (tertiary/aromatic N) is 3. The van der Waals surface area contributed by atoms with Gasteiger partial charge in [0.1, 0.15) is 35.7 Å². The van der Waals surface area contributed by atoms with Gasteiger partial charge in [-0.1, -0.05) is 66.0 Å². The number of nitriles is 1. The highest BCUT2D eigenvalue weighted by Gasteiger charge is 2.46. The molecular weight excluding hydrogens is 886 g/mol. The van der Waals surface area contributed by atoms with E-state index in [1.54, 1.807) is 28.1 Å². The number of ether oxygens (including phenoxy) is 5. The number of nitrogens with one attached hydrogen (secondary N) is 2. The number of H-pyrrole nitrogens is 2. The van der Waals surface area contributed by atoms with E-state index in [-0.39, 0.29) is 43.8 Å². The SMILES string of the molecule is COc1ccc(C(OC[C@H]2O[C@@H](n3cc(C)c(=O)[nH]c3=O)C[C@@H]2OP(=S)(OCCC#N)SC[C@H]2O[C@@H](n3cc(C)c(=O)[nH]c3=O)C[C@@H]2O)(c2ccccc2)c2ccc(OC)cc2)cc1. The third-order valence-corrected chi connectivity index (χ3v) is 16.4. The number of aryl methyl sites for hydroxylation is 2. The molecule has 7 rings (SSSR count). The molecule has 0 bridgehead atoms. The van der Waals surface area contributed by atoms with Crippen molar-refractivity contribution in [2.24, 2.45) is 0 Å². The Morgan fingerprint density at radius 1 is 0.812 bits per heavy atom. The minimum atomic E-state index is -3.45. The van der Waals surface area contributed by atoms with Crippen molar-refractivity contribution in [1.29, 1.82) is 5.26 Å². The number of hydrogen-bond acceptors (Lipinski definition) is 15. The van der Waals surface area contributed by atoms with Crippen LogP contribution in [-0.2, 0) is 40.7 Å². The first-order chi connectivity index (χ1) is 30.8. The van der Waals surface area contributed by atoms with E-state index >= 15 is 0 Å². The van der Waals surface area contributed by atoms with Gasteiger partial charge in [-0.15, -0.1) is 0 Å². The molecule has 2 fully saturated rings. The standard InChI is InChI=1S/C44H48N5O12PS2/c1-27-23-48(42(53)46-40(27)51)38-21-34(50)37(60-38)26-64-62(63,58-20-8-19-45)61-35-22-39(49-24-28(2)41(52)47-43(49)54)59-36(35)25-57-44(29-9-6-5-7-10-29,30-11-15-32(55-3)16-12-30)31-13-17-33(56-4)18-14-31/h5-7,9-18,23-24,34-39,50H,8,20-22,25-26H2,1-4H3,(H,46,51,53)(H,47,52,54)/t34-,35-,36+,37+,38+,39+,62?/m0/s1. The van der Waals surface area contributed by atoms with Crippen molar-refractivity contribution in [2.45, 2.75) is 75.6 Å². The molecule has 0 amide bonds. The second-order valence-electron chi connectivity index (χ2n) is 15.2. The summed E-state index contributed by atoms with van der Waals surface area (Å²) in [6, 6.07) is 26.8.